The van der Waals surface area contributed by atoms with E-state index in [-0.39, 0.29) is 18.2 Å². The molecule has 0 amide bonds. The number of benzene rings is 1. The van der Waals surface area contributed by atoms with Crippen molar-refractivity contribution in [2.45, 2.75) is 26.4 Å². The lowest BCUT2D eigenvalue weighted by molar-refractivity contribution is 0.368. The van der Waals surface area contributed by atoms with Gasteiger partial charge in [-0.2, -0.15) is 5.10 Å². The second kappa shape index (κ2) is 7.89. The molecule has 0 saturated carbocycles. The smallest absolute Gasteiger partial charge is 0.150 e. The fourth-order valence-electron chi connectivity index (χ4n) is 2.15. The molecule has 0 aliphatic heterocycles. The Morgan fingerprint density at radius 3 is 2.87 bits per heavy atom. The van der Waals surface area contributed by atoms with Crippen LogP contribution in [0.1, 0.15) is 23.9 Å². The van der Waals surface area contributed by atoms with Crippen molar-refractivity contribution in [1.82, 2.24) is 20.3 Å². The largest absolute Gasteiger partial charge is 0.360 e. The van der Waals surface area contributed by atoms with Gasteiger partial charge in [0.1, 0.15) is 5.82 Å². The first kappa shape index (κ1) is 17.2. The summed E-state index contributed by atoms with van der Waals surface area (Å²) in [5, 5.41) is 11.5. The summed E-state index contributed by atoms with van der Waals surface area (Å²) in [5.74, 6) is 0.541. The van der Waals surface area contributed by atoms with E-state index in [9.17, 15) is 4.39 Å². The van der Waals surface area contributed by atoms with Crippen LogP contribution in [0.4, 0.5) is 4.39 Å². The maximum Gasteiger partial charge on any atom is 0.150 e. The van der Waals surface area contributed by atoms with Crippen LogP contribution < -0.4 is 5.32 Å². The van der Waals surface area contributed by atoms with Gasteiger partial charge in [-0.1, -0.05) is 18.1 Å². The molecule has 0 atom stereocenters. The van der Waals surface area contributed by atoms with Gasteiger partial charge in [-0.05, 0) is 24.6 Å². The highest BCUT2D eigenvalue weighted by Crippen LogP contribution is 2.10. The van der Waals surface area contributed by atoms with Gasteiger partial charge in [0.05, 0.1) is 24.1 Å². The quantitative estimate of drug-likeness (QED) is 0.750. The van der Waals surface area contributed by atoms with Gasteiger partial charge < -0.3 is 9.84 Å². The number of hydrogen-bond acceptors (Lipinski definition) is 4. The topological polar surface area (TPSA) is 55.9 Å². The van der Waals surface area contributed by atoms with E-state index < -0.39 is 0 Å². The van der Waals surface area contributed by atoms with E-state index in [0.29, 0.717) is 18.8 Å². The molecule has 0 aliphatic rings. The molecule has 1 N–H and O–H groups in total. The van der Waals surface area contributed by atoms with Crippen LogP contribution in [0.15, 0.2) is 47.2 Å². The molecule has 0 saturated heterocycles. The van der Waals surface area contributed by atoms with Gasteiger partial charge in [0.25, 0.3) is 0 Å². The summed E-state index contributed by atoms with van der Waals surface area (Å²) in [6.45, 7) is 3.30. The summed E-state index contributed by atoms with van der Waals surface area (Å²) in [7, 11) is 0. The molecule has 0 fully saturated rings. The van der Waals surface area contributed by atoms with E-state index in [2.05, 4.69) is 15.6 Å². The predicted octanol–water partition coefficient (Wildman–Crippen LogP) is 3.27. The Bertz CT molecular complexity index is 756. The number of nitrogens with one attached hydrogen (secondary N) is 1. The highest BCUT2D eigenvalue weighted by atomic mass is 35.5. The zero-order valence-electron chi connectivity index (χ0n) is 12.7. The monoisotopic (exact) mass is 336 g/mol. The van der Waals surface area contributed by atoms with E-state index in [1.54, 1.807) is 16.9 Å². The third kappa shape index (κ3) is 4.40. The third-order valence-corrected chi connectivity index (χ3v) is 3.31. The van der Waals surface area contributed by atoms with Gasteiger partial charge in [-0.15, -0.1) is 12.4 Å². The van der Waals surface area contributed by atoms with Crippen molar-refractivity contribution in [3.05, 3.63) is 65.6 Å². The Balaban J connectivity index is 0.00000192. The zero-order chi connectivity index (χ0) is 15.4. The number of nitrogens with zero attached hydrogens (tertiary/aromatic N) is 3. The molecule has 122 valence electrons. The van der Waals surface area contributed by atoms with Gasteiger partial charge in [-0.25, -0.2) is 9.07 Å². The fraction of sp³-hybridized carbons (Fsp3) is 0.250. The molecule has 0 aliphatic carbocycles. The summed E-state index contributed by atoms with van der Waals surface area (Å²) in [5.41, 5.74) is 2.67. The molecular weight excluding hydrogens is 319 g/mol. The van der Waals surface area contributed by atoms with E-state index in [1.807, 2.05) is 25.3 Å². The Labute approximate surface area is 139 Å². The van der Waals surface area contributed by atoms with Crippen molar-refractivity contribution in [3.8, 4) is 5.69 Å². The SMILES string of the molecule is CCc1cc(CNCc2cnn(-c3cccc(F)c3)c2)on1.Cl. The Morgan fingerprint density at radius 1 is 1.26 bits per heavy atom. The summed E-state index contributed by atoms with van der Waals surface area (Å²) < 4.78 is 20.1. The van der Waals surface area contributed by atoms with Crippen LogP contribution in [-0.2, 0) is 19.5 Å². The lowest BCUT2D eigenvalue weighted by atomic mass is 10.3. The standard InChI is InChI=1S/C16H17FN4O.ClH/c1-2-14-7-16(22-20-14)10-18-8-12-9-19-21(11-12)15-5-3-4-13(17)6-15;/h3-7,9,11,18H,2,8,10H2,1H3;1H. The Morgan fingerprint density at radius 2 is 2.13 bits per heavy atom. The van der Waals surface area contributed by atoms with Crippen LogP contribution >= 0.6 is 12.4 Å². The molecule has 0 unspecified atom stereocenters. The Hall–Kier alpha value is -2.18. The van der Waals surface area contributed by atoms with Gasteiger partial charge >= 0.3 is 0 Å². The number of halogens is 2. The molecule has 0 radical (unpaired) electrons. The number of aromatic nitrogens is 3. The molecular formula is C16H18ClFN4O. The molecule has 2 aromatic heterocycles. The van der Waals surface area contributed by atoms with Crippen LogP contribution in [0, 0.1) is 5.82 Å². The first-order valence-corrected chi connectivity index (χ1v) is 7.19. The van der Waals surface area contributed by atoms with E-state index >= 15 is 0 Å². The van der Waals surface area contributed by atoms with E-state index in [0.717, 1.165) is 23.4 Å². The van der Waals surface area contributed by atoms with Crippen molar-refractivity contribution in [2.75, 3.05) is 0 Å². The summed E-state index contributed by atoms with van der Waals surface area (Å²) >= 11 is 0. The van der Waals surface area contributed by atoms with Gasteiger partial charge in [0.2, 0.25) is 0 Å². The molecule has 3 rings (SSSR count). The molecule has 3 aromatic rings. The minimum absolute atomic E-state index is 0. The molecule has 2 heterocycles. The van der Waals surface area contributed by atoms with E-state index in [1.165, 1.54) is 12.1 Å². The summed E-state index contributed by atoms with van der Waals surface area (Å²) in [6.07, 6.45) is 4.50. The molecule has 1 aromatic carbocycles. The molecule has 0 spiro atoms. The van der Waals surface area contributed by atoms with Crippen LogP contribution in [0.3, 0.4) is 0 Å². The van der Waals surface area contributed by atoms with Crippen molar-refractivity contribution < 1.29 is 8.91 Å². The van der Waals surface area contributed by atoms with Gasteiger partial charge in [0.15, 0.2) is 5.76 Å². The maximum absolute atomic E-state index is 13.2. The first-order chi connectivity index (χ1) is 10.7. The Kier molecular flexibility index (Phi) is 5.90. The molecule has 7 heteroatoms. The lowest BCUT2D eigenvalue weighted by Crippen LogP contribution is -2.11. The maximum atomic E-state index is 13.2. The molecule has 0 bridgehead atoms. The van der Waals surface area contributed by atoms with Crippen LogP contribution in [0.2, 0.25) is 0 Å². The summed E-state index contributed by atoms with van der Waals surface area (Å²) in [4.78, 5) is 0. The van der Waals surface area contributed by atoms with Crippen LogP contribution in [-0.4, -0.2) is 14.9 Å². The van der Waals surface area contributed by atoms with Crippen LogP contribution in [0.5, 0.6) is 0 Å². The van der Waals surface area contributed by atoms with Crippen LogP contribution in [0.25, 0.3) is 5.69 Å². The molecule has 5 nitrogen and oxygen atoms in total. The van der Waals surface area contributed by atoms with Crippen molar-refractivity contribution in [2.24, 2.45) is 0 Å². The van der Waals surface area contributed by atoms with Gasteiger partial charge in [-0.3, -0.25) is 0 Å². The number of aryl methyl sites for hydroxylation is 1. The predicted molar refractivity (Wildman–Crippen MR) is 87.2 cm³/mol. The second-order valence-electron chi connectivity index (χ2n) is 5.01. The molecule has 23 heavy (non-hydrogen) atoms. The van der Waals surface area contributed by atoms with Crippen molar-refractivity contribution in [3.63, 3.8) is 0 Å². The van der Waals surface area contributed by atoms with Crippen molar-refractivity contribution in [1.29, 1.82) is 0 Å². The van der Waals surface area contributed by atoms with E-state index in [4.69, 9.17) is 4.52 Å². The zero-order valence-corrected chi connectivity index (χ0v) is 13.5. The first-order valence-electron chi connectivity index (χ1n) is 7.19. The highest BCUT2D eigenvalue weighted by molar-refractivity contribution is 5.85. The number of hydrogen-bond donors (Lipinski definition) is 1. The summed E-state index contributed by atoms with van der Waals surface area (Å²) in [6, 6.07) is 8.29. The highest BCUT2D eigenvalue weighted by Gasteiger charge is 2.04. The number of rotatable bonds is 6. The minimum atomic E-state index is -0.273. The minimum Gasteiger partial charge on any atom is -0.360 e. The average molecular weight is 337 g/mol. The van der Waals surface area contributed by atoms with Gasteiger partial charge in [0, 0.05) is 24.4 Å². The average Bonchev–Trinajstić information content (AvgIpc) is 3.16. The normalized spacial score (nSPS) is 10.5. The fourth-order valence-corrected chi connectivity index (χ4v) is 2.15. The second-order valence-corrected chi connectivity index (χ2v) is 5.01. The lowest BCUT2D eigenvalue weighted by Gasteiger charge is -2.01. The third-order valence-electron chi connectivity index (χ3n) is 3.31. The van der Waals surface area contributed by atoms with Crippen molar-refractivity contribution >= 4 is 12.4 Å².